The first kappa shape index (κ1) is 14.9. The molecule has 2 rings (SSSR count). The summed E-state index contributed by atoms with van der Waals surface area (Å²) in [6.45, 7) is 0.124. The quantitative estimate of drug-likeness (QED) is 0.787. The molecule has 0 aliphatic rings. The molecule has 1 aromatic heterocycles. The van der Waals surface area contributed by atoms with Crippen LogP contribution in [0.25, 0.3) is 0 Å². The Morgan fingerprint density at radius 1 is 1.33 bits per heavy atom. The number of benzene rings is 1. The molecule has 2 aromatic rings. The zero-order valence-electron chi connectivity index (χ0n) is 12.0. The number of aliphatic hydroxyl groups is 1. The lowest BCUT2D eigenvalue weighted by atomic mass is 10.2. The van der Waals surface area contributed by atoms with Crippen molar-refractivity contribution in [1.29, 1.82) is 0 Å². The fourth-order valence-electron chi connectivity index (χ4n) is 2.03. The van der Waals surface area contributed by atoms with Crippen LogP contribution in [0.2, 0.25) is 0 Å². The first-order valence-electron chi connectivity index (χ1n) is 6.59. The van der Waals surface area contributed by atoms with Crippen LogP contribution in [0, 0.1) is 0 Å². The molecule has 1 atom stereocenters. The summed E-state index contributed by atoms with van der Waals surface area (Å²) in [5.41, 5.74) is 1.32. The minimum Gasteiger partial charge on any atom is -0.495 e. The molecule has 1 heterocycles. The number of anilines is 1. The predicted octanol–water partition coefficient (Wildman–Crippen LogP) is 1.89. The molecule has 2 amide bonds. The number of aromatic nitrogens is 1. The number of rotatable bonds is 5. The van der Waals surface area contributed by atoms with Crippen molar-refractivity contribution < 1.29 is 14.6 Å². The van der Waals surface area contributed by atoms with E-state index in [4.69, 9.17) is 4.74 Å². The second-order valence-corrected chi connectivity index (χ2v) is 4.60. The van der Waals surface area contributed by atoms with Gasteiger partial charge in [-0.05, 0) is 24.3 Å². The number of para-hydroxylation sites is 2. The molecule has 6 nitrogen and oxygen atoms in total. The highest BCUT2D eigenvalue weighted by Crippen LogP contribution is 2.22. The third-order valence-corrected chi connectivity index (χ3v) is 3.14. The zero-order chi connectivity index (χ0) is 15.2. The smallest absolute Gasteiger partial charge is 0.319 e. The van der Waals surface area contributed by atoms with E-state index < -0.39 is 12.1 Å². The Labute approximate surface area is 123 Å². The summed E-state index contributed by atoms with van der Waals surface area (Å²) in [5.74, 6) is 0.579. The van der Waals surface area contributed by atoms with E-state index in [1.165, 1.54) is 7.11 Å². The molecule has 3 N–H and O–H groups in total. The van der Waals surface area contributed by atoms with E-state index in [1.54, 1.807) is 18.2 Å². The standard InChI is InChI=1S/C15H19N3O3/c1-18-9-5-7-12(18)13(19)10-16-15(20)17-11-6-3-4-8-14(11)21-2/h3-9,13,19H,10H2,1-2H3,(H2,16,17,20). The van der Waals surface area contributed by atoms with E-state index >= 15 is 0 Å². The number of aryl methyl sites for hydroxylation is 1. The molecule has 0 saturated heterocycles. The molecule has 112 valence electrons. The van der Waals surface area contributed by atoms with Gasteiger partial charge in [0.25, 0.3) is 0 Å². The second-order valence-electron chi connectivity index (χ2n) is 4.60. The molecular weight excluding hydrogens is 270 g/mol. The monoisotopic (exact) mass is 289 g/mol. The van der Waals surface area contributed by atoms with Gasteiger partial charge in [0, 0.05) is 18.9 Å². The summed E-state index contributed by atoms with van der Waals surface area (Å²) in [7, 11) is 3.38. The number of aliphatic hydroxyl groups excluding tert-OH is 1. The van der Waals surface area contributed by atoms with Gasteiger partial charge in [0.2, 0.25) is 0 Å². The number of nitrogens with zero attached hydrogens (tertiary/aromatic N) is 1. The van der Waals surface area contributed by atoms with Crippen molar-refractivity contribution in [2.24, 2.45) is 7.05 Å². The molecule has 0 saturated carbocycles. The number of carbonyl (C=O) groups is 1. The van der Waals surface area contributed by atoms with Crippen LogP contribution in [-0.2, 0) is 7.05 Å². The normalized spacial score (nSPS) is 11.8. The molecule has 0 aliphatic heterocycles. The molecule has 1 unspecified atom stereocenters. The van der Waals surface area contributed by atoms with Gasteiger partial charge < -0.3 is 25.0 Å². The van der Waals surface area contributed by atoms with Gasteiger partial charge in [-0.1, -0.05) is 12.1 Å². The van der Waals surface area contributed by atoms with Crippen molar-refractivity contribution in [1.82, 2.24) is 9.88 Å². The van der Waals surface area contributed by atoms with Crippen molar-refractivity contribution in [3.63, 3.8) is 0 Å². The van der Waals surface area contributed by atoms with Crippen molar-refractivity contribution in [3.8, 4) is 5.75 Å². The van der Waals surface area contributed by atoms with Crippen molar-refractivity contribution >= 4 is 11.7 Å². The maximum absolute atomic E-state index is 11.8. The highest BCUT2D eigenvalue weighted by Gasteiger charge is 2.12. The molecule has 0 radical (unpaired) electrons. The molecule has 0 bridgehead atoms. The molecule has 0 aliphatic carbocycles. The Morgan fingerprint density at radius 2 is 2.10 bits per heavy atom. The summed E-state index contributed by atoms with van der Waals surface area (Å²) in [6.07, 6.45) is 1.08. The number of hydrogen-bond donors (Lipinski definition) is 3. The third-order valence-electron chi connectivity index (χ3n) is 3.14. The zero-order valence-corrected chi connectivity index (χ0v) is 12.0. The molecule has 6 heteroatoms. The van der Waals surface area contributed by atoms with E-state index in [0.717, 1.165) is 5.69 Å². The summed E-state index contributed by atoms with van der Waals surface area (Å²) < 4.78 is 6.96. The number of urea groups is 1. The van der Waals surface area contributed by atoms with Crippen LogP contribution < -0.4 is 15.4 Å². The fraction of sp³-hybridized carbons (Fsp3) is 0.267. The second kappa shape index (κ2) is 6.81. The Balaban J connectivity index is 1.89. The van der Waals surface area contributed by atoms with Crippen LogP contribution >= 0.6 is 0 Å². The number of ether oxygens (including phenoxy) is 1. The van der Waals surface area contributed by atoms with E-state index in [1.807, 2.05) is 36.0 Å². The fourth-order valence-corrected chi connectivity index (χ4v) is 2.03. The van der Waals surface area contributed by atoms with Crippen molar-refractivity contribution in [3.05, 3.63) is 48.3 Å². The van der Waals surface area contributed by atoms with Gasteiger partial charge in [0.05, 0.1) is 19.3 Å². The maximum Gasteiger partial charge on any atom is 0.319 e. The van der Waals surface area contributed by atoms with Gasteiger partial charge in [-0.3, -0.25) is 0 Å². The lowest BCUT2D eigenvalue weighted by Gasteiger charge is -2.14. The third kappa shape index (κ3) is 3.76. The Hall–Kier alpha value is -2.47. The highest BCUT2D eigenvalue weighted by molar-refractivity contribution is 5.90. The van der Waals surface area contributed by atoms with Crippen LogP contribution in [0.1, 0.15) is 11.8 Å². The Morgan fingerprint density at radius 3 is 2.76 bits per heavy atom. The number of hydrogen-bond acceptors (Lipinski definition) is 3. The lowest BCUT2D eigenvalue weighted by molar-refractivity contribution is 0.167. The molecule has 21 heavy (non-hydrogen) atoms. The van der Waals surface area contributed by atoms with Gasteiger partial charge in [-0.15, -0.1) is 0 Å². The van der Waals surface area contributed by atoms with Crippen LogP contribution in [0.5, 0.6) is 5.75 Å². The van der Waals surface area contributed by atoms with Gasteiger partial charge in [0.15, 0.2) is 0 Å². The summed E-state index contributed by atoms with van der Waals surface area (Å²) in [5, 5.41) is 15.3. The van der Waals surface area contributed by atoms with Gasteiger partial charge in [-0.2, -0.15) is 0 Å². The number of carbonyl (C=O) groups excluding carboxylic acids is 1. The lowest BCUT2D eigenvalue weighted by Crippen LogP contribution is -2.32. The minimum atomic E-state index is -0.756. The van der Waals surface area contributed by atoms with E-state index in [2.05, 4.69) is 10.6 Å². The summed E-state index contributed by atoms with van der Waals surface area (Å²) in [6, 6.07) is 10.4. The largest absolute Gasteiger partial charge is 0.495 e. The summed E-state index contributed by atoms with van der Waals surface area (Å²) in [4.78, 5) is 11.8. The minimum absolute atomic E-state index is 0.124. The van der Waals surface area contributed by atoms with Crippen LogP contribution in [0.3, 0.4) is 0 Å². The molecule has 0 spiro atoms. The first-order chi connectivity index (χ1) is 10.1. The van der Waals surface area contributed by atoms with Crippen molar-refractivity contribution in [2.75, 3.05) is 19.0 Å². The number of methoxy groups -OCH3 is 1. The first-order valence-corrected chi connectivity index (χ1v) is 6.59. The Bertz CT molecular complexity index is 610. The average molecular weight is 289 g/mol. The van der Waals surface area contributed by atoms with Gasteiger partial charge in [0.1, 0.15) is 11.9 Å². The SMILES string of the molecule is COc1ccccc1NC(=O)NCC(O)c1cccn1C. The van der Waals surface area contributed by atoms with Gasteiger partial charge >= 0.3 is 6.03 Å². The molecule has 1 aromatic carbocycles. The molecule has 0 fully saturated rings. The van der Waals surface area contributed by atoms with Crippen LogP contribution in [0.15, 0.2) is 42.6 Å². The van der Waals surface area contributed by atoms with Gasteiger partial charge in [-0.25, -0.2) is 4.79 Å². The van der Waals surface area contributed by atoms with Crippen LogP contribution in [-0.4, -0.2) is 29.4 Å². The molecular formula is C15H19N3O3. The van der Waals surface area contributed by atoms with Crippen molar-refractivity contribution in [2.45, 2.75) is 6.10 Å². The Kier molecular flexibility index (Phi) is 4.84. The number of amides is 2. The topological polar surface area (TPSA) is 75.5 Å². The summed E-state index contributed by atoms with van der Waals surface area (Å²) >= 11 is 0. The highest BCUT2D eigenvalue weighted by atomic mass is 16.5. The van der Waals surface area contributed by atoms with E-state index in [0.29, 0.717) is 11.4 Å². The van der Waals surface area contributed by atoms with E-state index in [-0.39, 0.29) is 6.54 Å². The average Bonchev–Trinajstić information content (AvgIpc) is 2.91. The number of nitrogens with one attached hydrogen (secondary N) is 2. The maximum atomic E-state index is 11.8. The van der Waals surface area contributed by atoms with Crippen LogP contribution in [0.4, 0.5) is 10.5 Å². The van der Waals surface area contributed by atoms with E-state index in [9.17, 15) is 9.90 Å². The predicted molar refractivity (Wildman–Crippen MR) is 80.4 cm³/mol.